The minimum absolute atomic E-state index is 0.372. The number of aromatic nitrogens is 2. The molecule has 0 fully saturated rings. The highest BCUT2D eigenvalue weighted by molar-refractivity contribution is 14.1. The molecule has 0 aliphatic rings. The van der Waals surface area contributed by atoms with Crippen molar-refractivity contribution >= 4 is 57.3 Å². The molecule has 0 radical (unpaired) electrons. The Bertz CT molecular complexity index is 502. The van der Waals surface area contributed by atoms with Gasteiger partial charge in [-0.2, -0.15) is 0 Å². The summed E-state index contributed by atoms with van der Waals surface area (Å²) in [6.45, 7) is 0. The number of nitrogens with zero attached hydrogens (tertiary/aromatic N) is 2. The molecule has 6 heteroatoms. The van der Waals surface area contributed by atoms with Crippen LogP contribution in [0.25, 0.3) is 0 Å². The van der Waals surface area contributed by atoms with Crippen LogP contribution in [0.3, 0.4) is 0 Å². The molecule has 1 aromatic heterocycles. The molecule has 0 aliphatic heterocycles. The fraction of sp³-hybridized carbons (Fsp3) is 0. The minimum atomic E-state index is 0.372. The molecule has 0 spiro atoms. The SMILES string of the molecule is Clc1ccc(Nc2ccc(Cl)nn2)c(I)c1. The lowest BCUT2D eigenvalue weighted by Gasteiger charge is -2.07. The number of hydrogen-bond donors (Lipinski definition) is 1. The second-order valence-electron chi connectivity index (χ2n) is 2.99. The summed E-state index contributed by atoms with van der Waals surface area (Å²) in [7, 11) is 0. The van der Waals surface area contributed by atoms with Crippen molar-refractivity contribution in [2.75, 3.05) is 5.32 Å². The van der Waals surface area contributed by atoms with E-state index in [-0.39, 0.29) is 0 Å². The van der Waals surface area contributed by atoms with Gasteiger partial charge in [0.1, 0.15) is 0 Å². The van der Waals surface area contributed by atoms with Gasteiger partial charge in [0.15, 0.2) is 11.0 Å². The van der Waals surface area contributed by atoms with Crippen molar-refractivity contribution in [2.45, 2.75) is 0 Å². The van der Waals surface area contributed by atoms with Crippen molar-refractivity contribution in [3.63, 3.8) is 0 Å². The highest BCUT2D eigenvalue weighted by Gasteiger charge is 2.02. The zero-order valence-corrected chi connectivity index (χ0v) is 11.6. The minimum Gasteiger partial charge on any atom is -0.338 e. The van der Waals surface area contributed by atoms with Crippen molar-refractivity contribution < 1.29 is 0 Å². The van der Waals surface area contributed by atoms with Gasteiger partial charge in [-0.05, 0) is 52.9 Å². The average molecular weight is 366 g/mol. The molecule has 0 saturated carbocycles. The van der Waals surface area contributed by atoms with Gasteiger partial charge in [0.25, 0.3) is 0 Å². The van der Waals surface area contributed by atoms with Crippen molar-refractivity contribution in [3.05, 3.63) is 44.1 Å². The van der Waals surface area contributed by atoms with Gasteiger partial charge < -0.3 is 5.32 Å². The number of rotatable bonds is 2. The zero-order chi connectivity index (χ0) is 11.5. The summed E-state index contributed by atoms with van der Waals surface area (Å²) in [5.74, 6) is 0.643. The molecule has 0 saturated heterocycles. The maximum atomic E-state index is 5.86. The Balaban J connectivity index is 2.23. The Kier molecular flexibility index (Phi) is 3.83. The van der Waals surface area contributed by atoms with E-state index in [1.807, 2.05) is 18.2 Å². The van der Waals surface area contributed by atoms with Crippen molar-refractivity contribution in [1.82, 2.24) is 10.2 Å². The maximum absolute atomic E-state index is 5.86. The van der Waals surface area contributed by atoms with Crippen LogP contribution in [0.5, 0.6) is 0 Å². The molecule has 0 amide bonds. The predicted octanol–water partition coefficient (Wildman–Crippen LogP) is 4.13. The second-order valence-corrected chi connectivity index (χ2v) is 4.98. The third-order valence-electron chi connectivity index (χ3n) is 1.83. The number of anilines is 2. The Morgan fingerprint density at radius 2 is 1.88 bits per heavy atom. The van der Waals surface area contributed by atoms with Gasteiger partial charge in [0.2, 0.25) is 0 Å². The van der Waals surface area contributed by atoms with Crippen LogP contribution >= 0.6 is 45.8 Å². The first-order chi connectivity index (χ1) is 7.65. The molecule has 2 aromatic rings. The summed E-state index contributed by atoms with van der Waals surface area (Å²) in [5, 5.41) is 11.9. The molecule has 2 rings (SSSR count). The normalized spacial score (nSPS) is 10.2. The zero-order valence-electron chi connectivity index (χ0n) is 7.92. The largest absolute Gasteiger partial charge is 0.338 e. The Labute approximate surface area is 116 Å². The average Bonchev–Trinajstić information content (AvgIpc) is 2.25. The number of benzene rings is 1. The van der Waals surface area contributed by atoms with E-state index in [2.05, 4.69) is 38.1 Å². The molecule has 16 heavy (non-hydrogen) atoms. The van der Waals surface area contributed by atoms with E-state index in [4.69, 9.17) is 23.2 Å². The Hall–Kier alpha value is -0.590. The lowest BCUT2D eigenvalue weighted by atomic mass is 10.3. The molecule has 1 N–H and O–H groups in total. The fourth-order valence-electron chi connectivity index (χ4n) is 1.11. The third kappa shape index (κ3) is 2.96. The number of halogens is 3. The first kappa shape index (κ1) is 11.9. The smallest absolute Gasteiger partial charge is 0.153 e. The van der Waals surface area contributed by atoms with E-state index in [1.165, 1.54) is 0 Å². The van der Waals surface area contributed by atoms with E-state index >= 15 is 0 Å². The molecular weight excluding hydrogens is 360 g/mol. The molecule has 1 aromatic carbocycles. The topological polar surface area (TPSA) is 37.8 Å². The summed E-state index contributed by atoms with van der Waals surface area (Å²) in [6.07, 6.45) is 0. The van der Waals surface area contributed by atoms with Crippen LogP contribution in [0.1, 0.15) is 0 Å². The summed E-state index contributed by atoms with van der Waals surface area (Å²) in [5.41, 5.74) is 0.932. The number of hydrogen-bond acceptors (Lipinski definition) is 3. The quantitative estimate of drug-likeness (QED) is 0.813. The Morgan fingerprint density at radius 3 is 2.50 bits per heavy atom. The molecule has 1 heterocycles. The molecule has 0 aliphatic carbocycles. The molecule has 0 bridgehead atoms. The first-order valence-corrected chi connectivity index (χ1v) is 6.20. The number of nitrogens with one attached hydrogen (secondary N) is 1. The summed E-state index contributed by atoms with van der Waals surface area (Å²) in [6, 6.07) is 9.02. The van der Waals surface area contributed by atoms with Gasteiger partial charge in [-0.15, -0.1) is 10.2 Å². The highest BCUT2D eigenvalue weighted by Crippen LogP contribution is 2.24. The van der Waals surface area contributed by atoms with Gasteiger partial charge in [-0.25, -0.2) is 0 Å². The molecular formula is C10H6Cl2IN3. The van der Waals surface area contributed by atoms with Gasteiger partial charge in [0, 0.05) is 8.59 Å². The van der Waals surface area contributed by atoms with Gasteiger partial charge in [-0.1, -0.05) is 23.2 Å². The summed E-state index contributed by atoms with van der Waals surface area (Å²) >= 11 is 13.7. The standard InChI is InChI=1S/C10H6Cl2IN3/c11-6-1-2-8(7(13)5-6)14-10-4-3-9(12)15-16-10/h1-5H,(H,14,16). The van der Waals surface area contributed by atoms with Crippen molar-refractivity contribution in [2.24, 2.45) is 0 Å². The molecule has 0 unspecified atom stereocenters. The monoisotopic (exact) mass is 365 g/mol. The van der Waals surface area contributed by atoms with Crippen LogP contribution in [0.2, 0.25) is 10.2 Å². The van der Waals surface area contributed by atoms with Crippen LogP contribution < -0.4 is 5.32 Å². The molecule has 82 valence electrons. The lowest BCUT2D eigenvalue weighted by Crippen LogP contribution is -1.96. The van der Waals surface area contributed by atoms with Crippen LogP contribution in [-0.2, 0) is 0 Å². The van der Waals surface area contributed by atoms with E-state index in [0.29, 0.717) is 16.0 Å². The van der Waals surface area contributed by atoms with Crippen LogP contribution in [0, 0.1) is 3.57 Å². The van der Waals surface area contributed by atoms with Gasteiger partial charge in [-0.3, -0.25) is 0 Å². The van der Waals surface area contributed by atoms with E-state index in [0.717, 1.165) is 9.26 Å². The Morgan fingerprint density at radius 1 is 1.06 bits per heavy atom. The maximum Gasteiger partial charge on any atom is 0.153 e. The van der Waals surface area contributed by atoms with Gasteiger partial charge in [0.05, 0.1) is 5.69 Å². The van der Waals surface area contributed by atoms with E-state index < -0.39 is 0 Å². The third-order valence-corrected chi connectivity index (χ3v) is 3.16. The first-order valence-electron chi connectivity index (χ1n) is 4.36. The van der Waals surface area contributed by atoms with E-state index in [1.54, 1.807) is 12.1 Å². The summed E-state index contributed by atoms with van der Waals surface area (Å²) in [4.78, 5) is 0. The van der Waals surface area contributed by atoms with Crippen LogP contribution in [-0.4, -0.2) is 10.2 Å². The van der Waals surface area contributed by atoms with E-state index in [9.17, 15) is 0 Å². The highest BCUT2D eigenvalue weighted by atomic mass is 127. The predicted molar refractivity (Wildman–Crippen MR) is 74.5 cm³/mol. The molecule has 3 nitrogen and oxygen atoms in total. The van der Waals surface area contributed by atoms with Gasteiger partial charge >= 0.3 is 0 Å². The fourth-order valence-corrected chi connectivity index (χ4v) is 2.22. The summed E-state index contributed by atoms with van der Waals surface area (Å²) < 4.78 is 1.02. The van der Waals surface area contributed by atoms with Crippen molar-refractivity contribution in [3.8, 4) is 0 Å². The van der Waals surface area contributed by atoms with Crippen molar-refractivity contribution in [1.29, 1.82) is 0 Å². The second kappa shape index (κ2) is 5.16. The molecule has 0 atom stereocenters. The lowest BCUT2D eigenvalue weighted by molar-refractivity contribution is 1.04. The van der Waals surface area contributed by atoms with Crippen LogP contribution in [0.15, 0.2) is 30.3 Å². The van der Waals surface area contributed by atoms with Crippen LogP contribution in [0.4, 0.5) is 11.5 Å².